The van der Waals surface area contributed by atoms with E-state index >= 15 is 0 Å². The molecule has 0 atom stereocenters. The summed E-state index contributed by atoms with van der Waals surface area (Å²) in [5.74, 6) is 0. The fraction of sp³-hybridized carbons (Fsp3) is 0.250. The fourth-order valence-corrected chi connectivity index (χ4v) is 20.8. The van der Waals surface area contributed by atoms with Gasteiger partial charge in [0.2, 0.25) is 7.59 Å². The predicted octanol–water partition coefficient (Wildman–Crippen LogP) is 5.22. The van der Waals surface area contributed by atoms with Gasteiger partial charge < -0.3 is 8.85 Å². The van der Waals surface area contributed by atoms with Crippen molar-refractivity contribution in [1.82, 2.24) is 0 Å². The van der Waals surface area contributed by atoms with E-state index in [4.69, 9.17) is 8.85 Å². The highest BCUT2D eigenvalue weighted by Crippen LogP contribution is 2.25. The highest BCUT2D eigenvalue weighted by Gasteiger charge is 2.64. The number of benzene rings is 4. The maximum atomic E-state index is 7.31. The molecular formula is C32H38O2Si2. The van der Waals surface area contributed by atoms with Gasteiger partial charge in [-0.1, -0.05) is 148 Å². The lowest BCUT2D eigenvalue weighted by Gasteiger charge is -2.47. The zero-order valence-electron chi connectivity index (χ0n) is 21.6. The van der Waals surface area contributed by atoms with E-state index in [0.29, 0.717) is 13.2 Å². The van der Waals surface area contributed by atoms with Crippen LogP contribution in [0.3, 0.4) is 0 Å². The summed E-state index contributed by atoms with van der Waals surface area (Å²) in [6.07, 6.45) is 4.21. The Morgan fingerprint density at radius 1 is 0.444 bits per heavy atom. The first-order chi connectivity index (χ1) is 17.8. The lowest BCUT2D eigenvalue weighted by molar-refractivity contribution is 0.191. The molecule has 0 unspecified atom stereocenters. The minimum absolute atomic E-state index is 0.699. The monoisotopic (exact) mass is 510 g/mol. The van der Waals surface area contributed by atoms with Gasteiger partial charge in [0.25, 0.3) is 0 Å². The van der Waals surface area contributed by atoms with Crippen LogP contribution in [0.4, 0.5) is 0 Å². The number of rotatable bonds is 13. The van der Waals surface area contributed by atoms with Crippen molar-refractivity contribution in [1.29, 1.82) is 0 Å². The maximum Gasteiger partial charge on any atom is 0.365 e. The quantitative estimate of drug-likeness (QED) is 0.140. The zero-order chi connectivity index (χ0) is 25.1. The summed E-state index contributed by atoms with van der Waals surface area (Å²) in [7, 11) is -5.96. The third-order valence-corrected chi connectivity index (χ3v) is 21.1. The first-order valence-electron chi connectivity index (χ1n) is 13.3. The van der Waals surface area contributed by atoms with E-state index in [1.165, 1.54) is 20.7 Å². The van der Waals surface area contributed by atoms with Gasteiger partial charge in [0.15, 0.2) is 0 Å². The molecule has 4 rings (SSSR count). The van der Waals surface area contributed by atoms with Gasteiger partial charge in [-0.2, -0.15) is 0 Å². The van der Waals surface area contributed by atoms with Crippen LogP contribution in [0.1, 0.15) is 39.5 Å². The summed E-state index contributed by atoms with van der Waals surface area (Å²) in [6, 6.07) is 44.1. The summed E-state index contributed by atoms with van der Waals surface area (Å²) < 4.78 is 14.6. The van der Waals surface area contributed by atoms with Crippen LogP contribution in [0, 0.1) is 0 Å². The van der Waals surface area contributed by atoms with E-state index in [2.05, 4.69) is 135 Å². The molecule has 0 aliphatic carbocycles. The van der Waals surface area contributed by atoms with Crippen molar-refractivity contribution in [2.24, 2.45) is 0 Å². The number of unbranched alkanes of at least 4 members (excludes halogenated alkanes) is 2. The molecule has 2 nitrogen and oxygen atoms in total. The van der Waals surface area contributed by atoms with Crippen molar-refractivity contribution in [3.05, 3.63) is 121 Å². The molecule has 0 bridgehead atoms. The Morgan fingerprint density at radius 2 is 0.750 bits per heavy atom. The normalized spacial score (nSPS) is 11.9. The van der Waals surface area contributed by atoms with E-state index in [0.717, 1.165) is 25.7 Å². The smallest absolute Gasteiger partial charge is 0.365 e. The van der Waals surface area contributed by atoms with Crippen LogP contribution < -0.4 is 20.7 Å². The minimum Gasteiger partial charge on any atom is -0.393 e. The van der Waals surface area contributed by atoms with Crippen molar-refractivity contribution >= 4 is 36.4 Å². The number of hydrogen-bond acceptors (Lipinski definition) is 2. The predicted molar refractivity (Wildman–Crippen MR) is 158 cm³/mol. The molecule has 0 radical (unpaired) electrons. The van der Waals surface area contributed by atoms with Crippen LogP contribution in [0.25, 0.3) is 0 Å². The van der Waals surface area contributed by atoms with Crippen molar-refractivity contribution in [3.8, 4) is 0 Å². The molecule has 4 aromatic rings. The minimum atomic E-state index is -3.11. The van der Waals surface area contributed by atoms with Crippen molar-refractivity contribution < 1.29 is 8.85 Å². The molecule has 0 heterocycles. The topological polar surface area (TPSA) is 18.5 Å². The van der Waals surface area contributed by atoms with Crippen LogP contribution >= 0.6 is 0 Å². The summed E-state index contributed by atoms with van der Waals surface area (Å²) in [5.41, 5.74) is 0. The first-order valence-corrected chi connectivity index (χ1v) is 18.1. The summed E-state index contributed by atoms with van der Waals surface area (Å²) in [5, 5.41) is 5.24. The molecule has 0 amide bonds. The molecule has 0 aromatic heterocycles. The molecule has 0 saturated heterocycles. The maximum absolute atomic E-state index is 7.31. The largest absolute Gasteiger partial charge is 0.393 e. The molecule has 4 heteroatoms. The Labute approximate surface area is 219 Å². The third-order valence-electron chi connectivity index (χ3n) is 6.87. The molecule has 0 aliphatic heterocycles. The Bertz CT molecular complexity index is 1050. The van der Waals surface area contributed by atoms with Crippen LogP contribution in [-0.4, -0.2) is 28.9 Å². The van der Waals surface area contributed by atoms with E-state index in [1.807, 2.05) is 0 Å². The molecule has 0 N–H and O–H groups in total. The number of hydrogen-bond donors (Lipinski definition) is 0. The Morgan fingerprint density at radius 3 is 1.06 bits per heavy atom. The SMILES string of the molecule is CCCCO[Si](OCCCC)(c1ccccc1)[Si](c1ccccc1)(c1ccccc1)c1ccccc1. The summed E-state index contributed by atoms with van der Waals surface area (Å²) in [6.45, 7) is 5.85. The van der Waals surface area contributed by atoms with E-state index in [9.17, 15) is 0 Å². The average molecular weight is 511 g/mol. The van der Waals surface area contributed by atoms with Crippen LogP contribution in [0.2, 0.25) is 0 Å². The second kappa shape index (κ2) is 13.0. The van der Waals surface area contributed by atoms with Crippen LogP contribution in [0.5, 0.6) is 0 Å². The second-order valence-corrected chi connectivity index (χ2v) is 19.1. The Kier molecular flexibility index (Phi) is 9.48. The van der Waals surface area contributed by atoms with Crippen molar-refractivity contribution in [2.75, 3.05) is 13.2 Å². The second-order valence-electron chi connectivity index (χ2n) is 9.23. The lowest BCUT2D eigenvalue weighted by atomic mass is 10.3. The molecule has 36 heavy (non-hydrogen) atoms. The van der Waals surface area contributed by atoms with E-state index in [1.54, 1.807) is 0 Å². The van der Waals surface area contributed by atoms with Crippen LogP contribution in [-0.2, 0) is 8.85 Å². The van der Waals surface area contributed by atoms with E-state index < -0.39 is 15.7 Å². The van der Waals surface area contributed by atoms with Gasteiger partial charge in [-0.3, -0.25) is 0 Å². The lowest BCUT2D eigenvalue weighted by Crippen LogP contribution is -2.88. The summed E-state index contributed by atoms with van der Waals surface area (Å²) >= 11 is 0. The molecule has 186 valence electrons. The van der Waals surface area contributed by atoms with Gasteiger partial charge in [-0.05, 0) is 33.6 Å². The Hall–Kier alpha value is -2.77. The Balaban J connectivity index is 2.14. The zero-order valence-corrected chi connectivity index (χ0v) is 23.6. The first kappa shape index (κ1) is 26.3. The van der Waals surface area contributed by atoms with Gasteiger partial charge in [0.05, 0.1) is 0 Å². The fourth-order valence-electron chi connectivity index (χ4n) is 5.15. The molecule has 0 fully saturated rings. The van der Waals surface area contributed by atoms with E-state index in [-0.39, 0.29) is 0 Å². The molecular weight excluding hydrogens is 473 g/mol. The molecule has 4 aromatic carbocycles. The standard InChI is InChI=1S/C32H38O2Si2/c1-3-5-27-33-36(34-28-6-4-2,32-25-17-10-18-26-32)35(29-19-11-7-12-20-29,30-21-13-8-14-22-30)31-23-15-9-16-24-31/h7-26H,3-6,27-28H2,1-2H3. The van der Waals surface area contributed by atoms with Crippen LogP contribution in [0.15, 0.2) is 121 Å². The van der Waals surface area contributed by atoms with Gasteiger partial charge in [0, 0.05) is 13.2 Å². The van der Waals surface area contributed by atoms with Gasteiger partial charge in [-0.25, -0.2) is 0 Å². The molecule has 0 spiro atoms. The van der Waals surface area contributed by atoms with Gasteiger partial charge >= 0.3 is 8.08 Å². The highest BCUT2D eigenvalue weighted by atomic mass is 29.3. The average Bonchev–Trinajstić information content (AvgIpc) is 2.95. The highest BCUT2D eigenvalue weighted by molar-refractivity contribution is 7.56. The summed E-state index contributed by atoms with van der Waals surface area (Å²) in [4.78, 5) is 0. The van der Waals surface area contributed by atoms with Crippen molar-refractivity contribution in [3.63, 3.8) is 0 Å². The molecule has 0 aliphatic rings. The molecule has 0 saturated carbocycles. The van der Waals surface area contributed by atoms with Gasteiger partial charge in [-0.15, -0.1) is 0 Å². The van der Waals surface area contributed by atoms with Crippen molar-refractivity contribution in [2.45, 2.75) is 39.5 Å². The third kappa shape index (κ3) is 5.18. The van der Waals surface area contributed by atoms with Gasteiger partial charge in [0.1, 0.15) is 0 Å².